The summed E-state index contributed by atoms with van der Waals surface area (Å²) in [6.07, 6.45) is 0. The van der Waals surface area contributed by atoms with E-state index in [2.05, 4.69) is 0 Å². The zero-order valence-electron chi connectivity index (χ0n) is 11.9. The fourth-order valence-electron chi connectivity index (χ4n) is 1.68. The van der Waals surface area contributed by atoms with E-state index in [1.165, 1.54) is 14.0 Å². The second-order valence-electron chi connectivity index (χ2n) is 4.75. The normalized spacial score (nSPS) is 13.0. The molecule has 1 rings (SSSR count). The summed E-state index contributed by atoms with van der Waals surface area (Å²) in [5.41, 5.74) is 0.0771. The molecular weight excluding hydrogens is 320 g/mol. The van der Waals surface area contributed by atoms with Crippen molar-refractivity contribution in [2.45, 2.75) is 17.6 Å². The Morgan fingerprint density at radius 3 is 2.14 bits per heavy atom. The van der Waals surface area contributed by atoms with Crippen molar-refractivity contribution in [3.05, 3.63) is 29.8 Å². The van der Waals surface area contributed by atoms with E-state index in [1.807, 2.05) is 0 Å². The lowest BCUT2D eigenvalue weighted by Gasteiger charge is -2.19. The zero-order chi connectivity index (χ0) is 17.1. The van der Waals surface area contributed by atoms with Crippen LogP contribution in [0.25, 0.3) is 0 Å². The summed E-state index contributed by atoms with van der Waals surface area (Å²) in [4.78, 5) is 23.3. The number of halogens is 2. The number of carboxylic acid groups (broad SMARTS) is 1. The predicted octanol–water partition coefficient (Wildman–Crippen LogP) is 1.48. The molecule has 0 saturated heterocycles. The molecule has 0 heterocycles. The van der Waals surface area contributed by atoms with Gasteiger partial charge < -0.3 is 10.0 Å². The molecule has 0 aromatic heterocycles. The molecule has 0 fully saturated rings. The average Bonchev–Trinajstić information content (AvgIpc) is 2.46. The molecular formula is C13H15F2NO5S. The van der Waals surface area contributed by atoms with Crippen molar-refractivity contribution in [2.75, 3.05) is 13.6 Å². The molecule has 0 aliphatic heterocycles. The molecule has 0 saturated carbocycles. The number of nitrogens with zero attached hydrogens (tertiary/aromatic N) is 1. The van der Waals surface area contributed by atoms with Crippen molar-refractivity contribution in [2.24, 2.45) is 5.92 Å². The Kier molecular flexibility index (Phi) is 5.59. The highest BCUT2D eigenvalue weighted by molar-refractivity contribution is 7.91. The highest BCUT2D eigenvalue weighted by Gasteiger charge is 2.27. The minimum atomic E-state index is -4.71. The van der Waals surface area contributed by atoms with Crippen LogP contribution in [0.3, 0.4) is 0 Å². The van der Waals surface area contributed by atoms with Gasteiger partial charge in [-0.3, -0.25) is 9.59 Å². The maximum atomic E-state index is 12.4. The van der Waals surface area contributed by atoms with Crippen LogP contribution in [-0.2, 0) is 14.6 Å². The third kappa shape index (κ3) is 4.00. The van der Waals surface area contributed by atoms with Gasteiger partial charge in [-0.05, 0) is 24.3 Å². The molecule has 122 valence electrons. The number of amides is 1. The average molecular weight is 335 g/mol. The second-order valence-corrected chi connectivity index (χ2v) is 6.67. The number of carboxylic acids is 1. The number of hydrogen-bond acceptors (Lipinski definition) is 4. The fraction of sp³-hybridized carbons (Fsp3) is 0.385. The van der Waals surface area contributed by atoms with Crippen LogP contribution in [0.5, 0.6) is 0 Å². The molecule has 0 spiro atoms. The van der Waals surface area contributed by atoms with E-state index in [9.17, 15) is 26.8 Å². The number of sulfone groups is 1. The molecule has 9 heteroatoms. The lowest BCUT2D eigenvalue weighted by atomic mass is 10.1. The van der Waals surface area contributed by atoms with E-state index >= 15 is 0 Å². The van der Waals surface area contributed by atoms with Crippen LogP contribution < -0.4 is 0 Å². The molecule has 0 radical (unpaired) electrons. The molecule has 1 aromatic carbocycles. The summed E-state index contributed by atoms with van der Waals surface area (Å²) in [6.45, 7) is 1.40. The predicted molar refractivity (Wildman–Crippen MR) is 73.4 cm³/mol. The SMILES string of the molecule is CC(CN(C)C(=O)c1ccc(S(=O)(=O)C(F)F)cc1)C(=O)O. The number of carbonyl (C=O) groups is 2. The van der Waals surface area contributed by atoms with E-state index in [0.717, 1.165) is 29.2 Å². The summed E-state index contributed by atoms with van der Waals surface area (Å²) >= 11 is 0. The minimum Gasteiger partial charge on any atom is -0.481 e. The molecule has 1 aromatic rings. The molecule has 6 nitrogen and oxygen atoms in total. The topological polar surface area (TPSA) is 91.8 Å². The summed E-state index contributed by atoms with van der Waals surface area (Å²) in [5.74, 6) is -5.90. The number of hydrogen-bond donors (Lipinski definition) is 1. The van der Waals surface area contributed by atoms with Crippen LogP contribution in [0.4, 0.5) is 8.78 Å². The largest absolute Gasteiger partial charge is 0.481 e. The Morgan fingerprint density at radius 1 is 1.23 bits per heavy atom. The van der Waals surface area contributed by atoms with Gasteiger partial charge in [-0.1, -0.05) is 6.92 Å². The maximum absolute atomic E-state index is 12.4. The summed E-state index contributed by atoms with van der Waals surface area (Å²) < 4.78 is 47.3. The van der Waals surface area contributed by atoms with Crippen LogP contribution >= 0.6 is 0 Å². The minimum absolute atomic E-state index is 0.0365. The van der Waals surface area contributed by atoms with Crippen molar-refractivity contribution in [3.63, 3.8) is 0 Å². The van der Waals surface area contributed by atoms with Crippen LogP contribution in [0.15, 0.2) is 29.2 Å². The Balaban J connectivity index is 2.91. The van der Waals surface area contributed by atoms with E-state index in [-0.39, 0.29) is 12.1 Å². The van der Waals surface area contributed by atoms with Gasteiger partial charge in [0.1, 0.15) is 0 Å². The molecule has 22 heavy (non-hydrogen) atoms. The Hall–Kier alpha value is -2.03. The van der Waals surface area contributed by atoms with Gasteiger partial charge in [0.2, 0.25) is 9.84 Å². The lowest BCUT2D eigenvalue weighted by Crippen LogP contribution is -2.33. The fourth-order valence-corrected chi connectivity index (χ4v) is 2.40. The first-order valence-electron chi connectivity index (χ1n) is 6.17. The Labute approximate surface area is 126 Å². The molecule has 0 bridgehead atoms. The highest BCUT2D eigenvalue weighted by atomic mass is 32.2. The highest BCUT2D eigenvalue weighted by Crippen LogP contribution is 2.19. The van der Waals surface area contributed by atoms with Crippen molar-refractivity contribution in [1.82, 2.24) is 4.90 Å². The third-order valence-corrected chi connectivity index (χ3v) is 4.38. The van der Waals surface area contributed by atoms with Gasteiger partial charge in [0.15, 0.2) is 0 Å². The molecule has 1 atom stereocenters. The number of aliphatic carboxylic acids is 1. The first kappa shape index (κ1) is 18.0. The standard InChI is InChI=1S/C13H15F2NO5S/c1-8(12(18)19)7-16(2)11(17)9-3-5-10(6-4-9)22(20,21)13(14)15/h3-6,8,13H,7H2,1-2H3,(H,18,19). The van der Waals surface area contributed by atoms with Gasteiger partial charge in [0.05, 0.1) is 10.8 Å². The summed E-state index contributed by atoms with van der Waals surface area (Å²) in [5, 5.41) is 8.79. The molecule has 0 aliphatic rings. The summed E-state index contributed by atoms with van der Waals surface area (Å²) in [7, 11) is -3.31. The van der Waals surface area contributed by atoms with Crippen LogP contribution in [-0.4, -0.2) is 49.7 Å². The van der Waals surface area contributed by atoms with E-state index in [0.29, 0.717) is 0 Å². The molecule has 0 aliphatic carbocycles. The van der Waals surface area contributed by atoms with Crippen molar-refractivity contribution < 1.29 is 31.9 Å². The van der Waals surface area contributed by atoms with Gasteiger partial charge in [-0.2, -0.15) is 8.78 Å². The number of benzene rings is 1. The van der Waals surface area contributed by atoms with Gasteiger partial charge in [-0.25, -0.2) is 8.42 Å². The Bertz CT molecular complexity index is 658. The monoisotopic (exact) mass is 335 g/mol. The quantitative estimate of drug-likeness (QED) is 0.850. The van der Waals surface area contributed by atoms with Crippen LogP contribution in [0.1, 0.15) is 17.3 Å². The van der Waals surface area contributed by atoms with Gasteiger partial charge in [-0.15, -0.1) is 0 Å². The third-order valence-electron chi connectivity index (χ3n) is 2.98. The van der Waals surface area contributed by atoms with Gasteiger partial charge in [0, 0.05) is 19.2 Å². The number of rotatable bonds is 6. The van der Waals surface area contributed by atoms with E-state index in [4.69, 9.17) is 5.11 Å². The number of alkyl halides is 2. The van der Waals surface area contributed by atoms with Crippen molar-refractivity contribution >= 4 is 21.7 Å². The number of carbonyl (C=O) groups excluding carboxylic acids is 1. The smallest absolute Gasteiger partial charge is 0.341 e. The lowest BCUT2D eigenvalue weighted by molar-refractivity contribution is -0.141. The van der Waals surface area contributed by atoms with Crippen LogP contribution in [0, 0.1) is 5.92 Å². The van der Waals surface area contributed by atoms with Crippen molar-refractivity contribution in [3.8, 4) is 0 Å². The molecule has 1 N–H and O–H groups in total. The first-order chi connectivity index (χ1) is 10.1. The maximum Gasteiger partial charge on any atom is 0.341 e. The van der Waals surface area contributed by atoms with Gasteiger partial charge in [0.25, 0.3) is 5.91 Å². The first-order valence-corrected chi connectivity index (χ1v) is 7.72. The molecule has 1 amide bonds. The zero-order valence-corrected chi connectivity index (χ0v) is 12.7. The molecule has 1 unspecified atom stereocenters. The Morgan fingerprint density at radius 2 is 1.73 bits per heavy atom. The van der Waals surface area contributed by atoms with Crippen molar-refractivity contribution in [1.29, 1.82) is 0 Å². The van der Waals surface area contributed by atoms with E-state index < -0.39 is 38.3 Å². The van der Waals surface area contributed by atoms with E-state index in [1.54, 1.807) is 0 Å². The van der Waals surface area contributed by atoms with Gasteiger partial charge >= 0.3 is 11.7 Å². The van der Waals surface area contributed by atoms with Crippen LogP contribution in [0.2, 0.25) is 0 Å². The second kappa shape index (κ2) is 6.82. The summed E-state index contributed by atoms with van der Waals surface area (Å²) in [6, 6.07) is 4.06.